The van der Waals surface area contributed by atoms with Gasteiger partial charge in [-0.05, 0) is 26.8 Å². The maximum atomic E-state index is 13.6. The highest BCUT2D eigenvalue weighted by atomic mass is 19.1. The summed E-state index contributed by atoms with van der Waals surface area (Å²) in [7, 11) is 3.39. The van der Waals surface area contributed by atoms with Gasteiger partial charge in [-0.2, -0.15) is 0 Å². The van der Waals surface area contributed by atoms with Crippen molar-refractivity contribution in [3.63, 3.8) is 0 Å². The van der Waals surface area contributed by atoms with Gasteiger partial charge >= 0.3 is 0 Å². The molecule has 2 rings (SSSR count). The highest BCUT2D eigenvalue weighted by Crippen LogP contribution is 2.39. The number of hydrogen-bond acceptors (Lipinski definition) is 3. The molecule has 6 nitrogen and oxygen atoms in total. The van der Waals surface area contributed by atoms with Crippen molar-refractivity contribution in [2.24, 2.45) is 4.99 Å². The molecule has 0 aliphatic carbocycles. The van der Waals surface area contributed by atoms with E-state index in [2.05, 4.69) is 22.2 Å². The monoisotopic (exact) mass is 376 g/mol. The normalized spacial score (nSPS) is 18.1. The molecule has 0 spiro atoms. The molecule has 1 amide bonds. The quantitative estimate of drug-likeness (QED) is 0.471. The molecule has 0 bridgehead atoms. The highest BCUT2D eigenvalue weighted by molar-refractivity contribution is 5.85. The number of benzene rings is 1. The minimum Gasteiger partial charge on any atom is -0.487 e. The van der Waals surface area contributed by atoms with Crippen LogP contribution in [0.4, 0.5) is 4.39 Å². The number of ether oxygens (including phenoxy) is 1. The number of hydrogen-bond donors (Lipinski definition) is 2. The third-order valence-corrected chi connectivity index (χ3v) is 4.17. The van der Waals surface area contributed by atoms with Crippen LogP contribution in [-0.4, -0.2) is 49.6 Å². The summed E-state index contributed by atoms with van der Waals surface area (Å²) in [5.41, 5.74) is 1.34. The lowest BCUT2D eigenvalue weighted by Gasteiger charge is -2.38. The number of carbonyl (C=O) groups is 1. The maximum absolute atomic E-state index is 13.6. The van der Waals surface area contributed by atoms with Crippen LogP contribution in [0.25, 0.3) is 0 Å². The second-order valence-electron chi connectivity index (χ2n) is 7.71. The average Bonchev–Trinajstić information content (AvgIpc) is 2.55. The minimum atomic E-state index is -0.461. The van der Waals surface area contributed by atoms with Gasteiger partial charge in [-0.25, -0.2) is 9.38 Å². The molecule has 1 aromatic carbocycles. The fraction of sp³-hybridized carbons (Fsp3) is 0.500. The third-order valence-electron chi connectivity index (χ3n) is 4.17. The lowest BCUT2D eigenvalue weighted by atomic mass is 9.89. The molecule has 148 valence electrons. The van der Waals surface area contributed by atoms with Crippen molar-refractivity contribution in [2.75, 3.05) is 27.2 Å². The van der Waals surface area contributed by atoms with Crippen molar-refractivity contribution in [3.05, 3.63) is 41.7 Å². The largest absolute Gasteiger partial charge is 0.487 e. The van der Waals surface area contributed by atoms with Gasteiger partial charge in [-0.15, -0.1) is 0 Å². The summed E-state index contributed by atoms with van der Waals surface area (Å²) in [4.78, 5) is 17.8. The fourth-order valence-corrected chi connectivity index (χ4v) is 2.79. The van der Waals surface area contributed by atoms with Gasteiger partial charge < -0.3 is 20.3 Å². The fourth-order valence-electron chi connectivity index (χ4n) is 2.79. The van der Waals surface area contributed by atoms with Crippen LogP contribution < -0.4 is 15.4 Å². The van der Waals surface area contributed by atoms with E-state index < -0.39 is 5.60 Å². The summed E-state index contributed by atoms with van der Waals surface area (Å²) in [5.74, 6) is 0.593. The van der Waals surface area contributed by atoms with Crippen LogP contribution in [0.15, 0.2) is 35.3 Å². The van der Waals surface area contributed by atoms with Gasteiger partial charge in [0.15, 0.2) is 5.96 Å². The second kappa shape index (κ2) is 8.41. The number of likely N-dealkylation sites (N-methyl/N-ethyl adjacent to an activating group) is 1. The lowest BCUT2D eigenvalue weighted by molar-refractivity contribution is -0.127. The van der Waals surface area contributed by atoms with Crippen LogP contribution in [0.5, 0.6) is 5.75 Å². The number of guanidine groups is 1. The van der Waals surface area contributed by atoms with Crippen molar-refractivity contribution >= 4 is 11.9 Å². The SMILES string of the molecule is C=C(C)CNC(=NCC(=O)N(C)C)NC1CC(C)(C)Oc2cc(F)ccc21. The number of nitrogens with one attached hydrogen (secondary N) is 2. The van der Waals surface area contributed by atoms with E-state index in [0.29, 0.717) is 24.7 Å². The Morgan fingerprint density at radius 1 is 1.44 bits per heavy atom. The second-order valence-corrected chi connectivity index (χ2v) is 7.71. The van der Waals surface area contributed by atoms with E-state index in [1.54, 1.807) is 20.2 Å². The van der Waals surface area contributed by atoms with E-state index in [-0.39, 0.29) is 24.3 Å². The zero-order valence-corrected chi connectivity index (χ0v) is 16.7. The molecule has 1 aliphatic heterocycles. The van der Waals surface area contributed by atoms with Crippen LogP contribution >= 0.6 is 0 Å². The molecule has 0 fully saturated rings. The molecule has 2 N–H and O–H groups in total. The minimum absolute atomic E-state index is 0.0292. The summed E-state index contributed by atoms with van der Waals surface area (Å²) in [6.45, 7) is 10.3. The van der Waals surface area contributed by atoms with Crippen molar-refractivity contribution in [3.8, 4) is 5.75 Å². The molecule has 7 heteroatoms. The van der Waals surface area contributed by atoms with Crippen LogP contribution in [0.3, 0.4) is 0 Å². The van der Waals surface area contributed by atoms with Crippen LogP contribution in [-0.2, 0) is 4.79 Å². The third kappa shape index (κ3) is 5.98. The van der Waals surface area contributed by atoms with Crippen molar-refractivity contribution in [1.29, 1.82) is 0 Å². The van der Waals surface area contributed by atoms with E-state index in [4.69, 9.17) is 4.74 Å². The summed E-state index contributed by atoms with van der Waals surface area (Å²) in [5, 5.41) is 6.55. The number of aliphatic imine (C=N–C) groups is 1. The van der Waals surface area contributed by atoms with Crippen LogP contribution in [0, 0.1) is 5.82 Å². The number of rotatable bonds is 5. The van der Waals surface area contributed by atoms with Gasteiger partial charge in [0.25, 0.3) is 0 Å². The lowest BCUT2D eigenvalue weighted by Crippen LogP contribution is -2.46. The Balaban J connectivity index is 2.26. The molecular weight excluding hydrogens is 347 g/mol. The average molecular weight is 376 g/mol. The van der Waals surface area contributed by atoms with Crippen LogP contribution in [0.2, 0.25) is 0 Å². The molecule has 1 heterocycles. The molecule has 1 aliphatic rings. The van der Waals surface area contributed by atoms with E-state index in [9.17, 15) is 9.18 Å². The first-order valence-electron chi connectivity index (χ1n) is 8.95. The predicted molar refractivity (Wildman–Crippen MR) is 105 cm³/mol. The number of carbonyl (C=O) groups excluding carboxylic acids is 1. The number of halogens is 1. The molecular formula is C20H29FN4O2. The zero-order chi connectivity index (χ0) is 20.2. The van der Waals surface area contributed by atoms with Crippen molar-refractivity contribution in [1.82, 2.24) is 15.5 Å². The number of nitrogens with zero attached hydrogens (tertiary/aromatic N) is 2. The van der Waals surface area contributed by atoms with Gasteiger partial charge in [0.05, 0.1) is 6.04 Å². The molecule has 1 unspecified atom stereocenters. The first-order valence-corrected chi connectivity index (χ1v) is 8.95. The topological polar surface area (TPSA) is 66.0 Å². The van der Waals surface area contributed by atoms with Gasteiger partial charge in [0, 0.05) is 38.7 Å². The highest BCUT2D eigenvalue weighted by Gasteiger charge is 2.34. The summed E-state index contributed by atoms with van der Waals surface area (Å²) >= 11 is 0. The Kier molecular flexibility index (Phi) is 6.46. The van der Waals surface area contributed by atoms with E-state index in [1.165, 1.54) is 17.0 Å². The Morgan fingerprint density at radius 2 is 2.15 bits per heavy atom. The Bertz CT molecular complexity index is 743. The first-order chi connectivity index (χ1) is 12.6. The first kappa shape index (κ1) is 20.7. The molecule has 27 heavy (non-hydrogen) atoms. The Labute approximate surface area is 160 Å². The maximum Gasteiger partial charge on any atom is 0.243 e. The summed E-state index contributed by atoms with van der Waals surface area (Å²) in [6.07, 6.45) is 0.668. The Morgan fingerprint density at radius 3 is 2.78 bits per heavy atom. The molecule has 1 atom stereocenters. The summed E-state index contributed by atoms with van der Waals surface area (Å²) < 4.78 is 19.6. The van der Waals surface area contributed by atoms with Gasteiger partial charge in [0.1, 0.15) is 23.7 Å². The smallest absolute Gasteiger partial charge is 0.243 e. The number of fused-ring (bicyclic) bond motifs is 1. The van der Waals surface area contributed by atoms with Crippen molar-refractivity contribution in [2.45, 2.75) is 38.8 Å². The molecule has 0 radical (unpaired) electrons. The van der Waals surface area contributed by atoms with Crippen LogP contribution in [0.1, 0.15) is 38.8 Å². The zero-order valence-electron chi connectivity index (χ0n) is 16.7. The van der Waals surface area contributed by atoms with E-state index in [1.807, 2.05) is 20.8 Å². The molecule has 1 aromatic rings. The Hall–Kier alpha value is -2.57. The van der Waals surface area contributed by atoms with E-state index in [0.717, 1.165) is 11.1 Å². The number of amides is 1. The standard InChI is InChI=1S/C20H29FN4O2/c1-13(2)11-22-19(23-12-18(26)25(5)6)24-16-10-20(3,4)27-17-9-14(21)7-8-15(16)17/h7-9,16H,1,10-12H2,2-6H3,(H2,22,23,24). The molecule has 0 saturated carbocycles. The summed E-state index contributed by atoms with van der Waals surface area (Å²) in [6, 6.07) is 4.41. The van der Waals surface area contributed by atoms with Gasteiger partial charge in [-0.3, -0.25) is 4.79 Å². The van der Waals surface area contributed by atoms with Gasteiger partial charge in [0.2, 0.25) is 5.91 Å². The molecule has 0 aromatic heterocycles. The van der Waals surface area contributed by atoms with Crippen molar-refractivity contribution < 1.29 is 13.9 Å². The van der Waals surface area contributed by atoms with Gasteiger partial charge in [-0.1, -0.05) is 18.2 Å². The predicted octanol–water partition coefficient (Wildman–Crippen LogP) is 2.63. The van der Waals surface area contributed by atoms with E-state index >= 15 is 0 Å². The molecule has 0 saturated heterocycles.